The van der Waals surface area contributed by atoms with Crippen molar-refractivity contribution in [1.29, 1.82) is 0 Å². The zero-order valence-electron chi connectivity index (χ0n) is 11.1. The third-order valence-corrected chi connectivity index (χ3v) is 3.27. The molecule has 0 radical (unpaired) electrons. The second kappa shape index (κ2) is 7.52. The lowest BCUT2D eigenvalue weighted by molar-refractivity contribution is -0.121. The molecule has 1 N–H and O–H groups in total. The lowest BCUT2D eigenvalue weighted by atomic mass is 9.96. The Balaban J connectivity index is 1.67. The zero-order valence-corrected chi connectivity index (χ0v) is 11.1. The molecule has 19 heavy (non-hydrogen) atoms. The summed E-state index contributed by atoms with van der Waals surface area (Å²) < 4.78 is 0. The number of amides is 1. The lowest BCUT2D eigenvalue weighted by Crippen LogP contribution is -2.19. The summed E-state index contributed by atoms with van der Waals surface area (Å²) >= 11 is 0. The monoisotopic (exact) mass is 256 g/mol. The van der Waals surface area contributed by atoms with Crippen molar-refractivity contribution in [2.45, 2.75) is 32.1 Å². The molecule has 0 saturated heterocycles. The molecule has 3 heteroatoms. The molecule has 0 spiro atoms. The van der Waals surface area contributed by atoms with E-state index in [2.05, 4.69) is 22.7 Å². The van der Waals surface area contributed by atoms with Gasteiger partial charge in [-0.1, -0.05) is 42.5 Å². The molecule has 0 unspecified atom stereocenters. The number of carbonyl (C=O) groups excluding carboxylic acids is 1. The highest BCUT2D eigenvalue weighted by Crippen LogP contribution is 2.15. The molecule has 1 amide bonds. The average Bonchev–Trinajstić information content (AvgIpc) is 2.47. The van der Waals surface area contributed by atoms with Crippen LogP contribution in [0.2, 0.25) is 0 Å². The Labute approximate surface area is 114 Å². The van der Waals surface area contributed by atoms with Crippen molar-refractivity contribution in [3.05, 3.63) is 48.0 Å². The number of hydrogen-bond donors (Lipinski definition) is 1. The topological polar surface area (TPSA) is 41.5 Å². The van der Waals surface area contributed by atoms with Crippen LogP contribution in [0, 0.1) is 5.92 Å². The Morgan fingerprint density at radius 3 is 2.89 bits per heavy atom. The van der Waals surface area contributed by atoms with Gasteiger partial charge < -0.3 is 0 Å². The van der Waals surface area contributed by atoms with Gasteiger partial charge in [0.05, 0.1) is 0 Å². The van der Waals surface area contributed by atoms with Crippen molar-refractivity contribution in [3.8, 4) is 0 Å². The summed E-state index contributed by atoms with van der Waals surface area (Å²) in [5.41, 5.74) is 3.79. The molecular weight excluding hydrogens is 236 g/mol. The quantitative estimate of drug-likeness (QED) is 0.491. The molecule has 0 aromatic heterocycles. The van der Waals surface area contributed by atoms with E-state index in [0.717, 1.165) is 25.7 Å². The van der Waals surface area contributed by atoms with Crippen molar-refractivity contribution in [3.63, 3.8) is 0 Å². The second-order valence-corrected chi connectivity index (χ2v) is 4.84. The third-order valence-electron chi connectivity index (χ3n) is 3.27. The first-order valence-corrected chi connectivity index (χ1v) is 6.85. The van der Waals surface area contributed by atoms with Crippen LogP contribution >= 0.6 is 0 Å². The summed E-state index contributed by atoms with van der Waals surface area (Å²) in [7, 11) is 0. The highest BCUT2D eigenvalue weighted by Gasteiger charge is 2.06. The van der Waals surface area contributed by atoms with Gasteiger partial charge >= 0.3 is 0 Å². The van der Waals surface area contributed by atoms with Crippen molar-refractivity contribution in [1.82, 2.24) is 5.43 Å². The Morgan fingerprint density at radius 1 is 1.32 bits per heavy atom. The van der Waals surface area contributed by atoms with Crippen LogP contribution in [0.3, 0.4) is 0 Å². The van der Waals surface area contributed by atoms with Gasteiger partial charge in [-0.15, -0.1) is 0 Å². The fourth-order valence-electron chi connectivity index (χ4n) is 2.13. The second-order valence-electron chi connectivity index (χ2n) is 4.84. The molecule has 1 aliphatic carbocycles. The molecule has 1 aromatic rings. The van der Waals surface area contributed by atoms with Crippen LogP contribution in [-0.4, -0.2) is 12.1 Å². The molecule has 0 saturated carbocycles. The van der Waals surface area contributed by atoms with Crippen molar-refractivity contribution >= 4 is 12.1 Å². The lowest BCUT2D eigenvalue weighted by Gasteiger charge is -2.11. The van der Waals surface area contributed by atoms with Gasteiger partial charge in [-0.05, 0) is 37.2 Å². The summed E-state index contributed by atoms with van der Waals surface area (Å²) in [5, 5.41) is 4.05. The van der Waals surface area contributed by atoms with Crippen LogP contribution in [0.25, 0.3) is 0 Å². The maximum atomic E-state index is 11.6. The smallest absolute Gasteiger partial charge is 0.240 e. The highest BCUT2D eigenvalue weighted by atomic mass is 16.2. The first kappa shape index (κ1) is 13.5. The normalized spacial score (nSPS) is 18.6. The standard InChI is InChI=1S/C16H20N2O/c19-16(12-11-14-7-3-1-4-8-14)18-17-13-15-9-5-2-6-10-15/h1-5,7-8,13,15H,6,9-12H2,(H,18,19)/b17-13-/t15-/m1/s1. The summed E-state index contributed by atoms with van der Waals surface area (Å²) in [6, 6.07) is 10.0. The SMILES string of the molecule is O=C(CCc1ccccc1)N/N=C\[C@@H]1CC=CCC1. The number of carbonyl (C=O) groups is 1. The maximum Gasteiger partial charge on any atom is 0.240 e. The van der Waals surface area contributed by atoms with E-state index >= 15 is 0 Å². The highest BCUT2D eigenvalue weighted by molar-refractivity contribution is 5.77. The first-order chi connectivity index (χ1) is 9.34. The molecule has 3 nitrogen and oxygen atoms in total. The molecule has 100 valence electrons. The van der Waals surface area contributed by atoms with Gasteiger partial charge in [0.2, 0.25) is 5.91 Å². The summed E-state index contributed by atoms with van der Waals surface area (Å²) in [6.07, 6.45) is 10.7. The number of rotatable bonds is 5. The van der Waals surface area contributed by atoms with E-state index in [1.54, 1.807) is 0 Å². The fourth-order valence-corrected chi connectivity index (χ4v) is 2.13. The van der Waals surface area contributed by atoms with E-state index in [-0.39, 0.29) is 5.91 Å². The molecule has 1 aromatic carbocycles. The summed E-state index contributed by atoms with van der Waals surface area (Å²) in [4.78, 5) is 11.6. The van der Waals surface area contributed by atoms with E-state index < -0.39 is 0 Å². The van der Waals surface area contributed by atoms with Crippen LogP contribution in [0.15, 0.2) is 47.6 Å². The van der Waals surface area contributed by atoms with Gasteiger partial charge in [-0.2, -0.15) is 5.10 Å². The molecule has 0 heterocycles. The van der Waals surface area contributed by atoms with E-state index in [4.69, 9.17) is 0 Å². The van der Waals surface area contributed by atoms with Crippen LogP contribution in [0.5, 0.6) is 0 Å². The molecule has 0 bridgehead atoms. The number of nitrogens with zero attached hydrogens (tertiary/aromatic N) is 1. The number of hydrogen-bond acceptors (Lipinski definition) is 2. The number of benzene rings is 1. The number of nitrogens with one attached hydrogen (secondary N) is 1. The first-order valence-electron chi connectivity index (χ1n) is 6.85. The Kier molecular flexibility index (Phi) is 5.35. The Hall–Kier alpha value is -1.90. The van der Waals surface area contributed by atoms with Gasteiger partial charge in [-0.3, -0.25) is 4.79 Å². The average molecular weight is 256 g/mol. The number of hydrazone groups is 1. The van der Waals surface area contributed by atoms with E-state index in [1.807, 2.05) is 36.5 Å². The van der Waals surface area contributed by atoms with Gasteiger partial charge in [0.1, 0.15) is 0 Å². The van der Waals surface area contributed by atoms with Crippen LogP contribution in [-0.2, 0) is 11.2 Å². The number of allylic oxidation sites excluding steroid dienone is 2. The maximum absolute atomic E-state index is 11.6. The van der Waals surface area contributed by atoms with Crippen LogP contribution in [0.4, 0.5) is 0 Å². The van der Waals surface area contributed by atoms with Crippen molar-refractivity contribution < 1.29 is 4.79 Å². The molecule has 0 aliphatic heterocycles. The van der Waals surface area contributed by atoms with Gasteiger partial charge in [0, 0.05) is 12.6 Å². The largest absolute Gasteiger partial charge is 0.273 e. The number of aryl methyl sites for hydroxylation is 1. The summed E-state index contributed by atoms with van der Waals surface area (Å²) in [5.74, 6) is 0.450. The van der Waals surface area contributed by atoms with Gasteiger partial charge in [-0.25, -0.2) is 5.43 Å². The minimum absolute atomic E-state index is 0.0218. The van der Waals surface area contributed by atoms with E-state index in [0.29, 0.717) is 12.3 Å². The molecule has 0 fully saturated rings. The van der Waals surface area contributed by atoms with Crippen LogP contribution < -0.4 is 5.43 Å². The third kappa shape index (κ3) is 5.08. The fraction of sp³-hybridized carbons (Fsp3) is 0.375. The minimum Gasteiger partial charge on any atom is -0.273 e. The predicted octanol–water partition coefficient (Wildman–Crippen LogP) is 3.08. The molecule has 2 rings (SSSR count). The molecule has 1 atom stereocenters. The molecule has 1 aliphatic rings. The summed E-state index contributed by atoms with van der Waals surface area (Å²) in [6.45, 7) is 0. The van der Waals surface area contributed by atoms with Crippen molar-refractivity contribution in [2.75, 3.05) is 0 Å². The van der Waals surface area contributed by atoms with E-state index in [1.165, 1.54) is 5.56 Å². The van der Waals surface area contributed by atoms with Gasteiger partial charge in [0.25, 0.3) is 0 Å². The van der Waals surface area contributed by atoms with Crippen molar-refractivity contribution in [2.24, 2.45) is 11.0 Å². The molecular formula is C16H20N2O. The zero-order chi connectivity index (χ0) is 13.3. The Morgan fingerprint density at radius 2 is 2.16 bits per heavy atom. The Bertz CT molecular complexity index is 451. The van der Waals surface area contributed by atoms with E-state index in [9.17, 15) is 4.79 Å². The predicted molar refractivity (Wildman–Crippen MR) is 77.9 cm³/mol. The van der Waals surface area contributed by atoms with Gasteiger partial charge in [0.15, 0.2) is 0 Å². The van der Waals surface area contributed by atoms with Crippen LogP contribution in [0.1, 0.15) is 31.2 Å². The minimum atomic E-state index is -0.0218.